The molecule has 44 heavy (non-hydrogen) atoms. The molecular formula is C32H40F6O6. The molecule has 0 aromatic heterocycles. The minimum atomic E-state index is -4.60. The highest BCUT2D eigenvalue weighted by Gasteiger charge is 2.49. The summed E-state index contributed by atoms with van der Waals surface area (Å²) >= 11 is 0. The van der Waals surface area contributed by atoms with Crippen LogP contribution in [0.3, 0.4) is 0 Å². The number of benzene rings is 2. The van der Waals surface area contributed by atoms with Gasteiger partial charge in [0.1, 0.15) is 13.2 Å². The summed E-state index contributed by atoms with van der Waals surface area (Å²) in [4.78, 5) is 11.7. The molecule has 0 saturated carbocycles. The average Bonchev–Trinajstić information content (AvgIpc) is 2.96. The first-order valence-corrected chi connectivity index (χ1v) is 14.6. The number of rotatable bonds is 11. The van der Waals surface area contributed by atoms with Gasteiger partial charge in [-0.25, -0.2) is 4.89 Å². The number of halogens is 6. The quantitative estimate of drug-likeness (QED) is 0.140. The zero-order valence-corrected chi connectivity index (χ0v) is 25.6. The van der Waals surface area contributed by atoms with Gasteiger partial charge in [0.2, 0.25) is 12.6 Å². The Hall–Kier alpha value is -2.22. The Bertz CT molecular complexity index is 1250. The van der Waals surface area contributed by atoms with Gasteiger partial charge in [0.05, 0.1) is 0 Å². The molecule has 0 aliphatic carbocycles. The monoisotopic (exact) mass is 634 g/mol. The van der Waals surface area contributed by atoms with Crippen molar-refractivity contribution in [2.24, 2.45) is 10.8 Å². The van der Waals surface area contributed by atoms with Crippen molar-refractivity contribution in [2.75, 3.05) is 13.2 Å². The van der Waals surface area contributed by atoms with E-state index in [2.05, 4.69) is 0 Å². The van der Waals surface area contributed by atoms with Crippen molar-refractivity contribution in [1.82, 2.24) is 0 Å². The van der Waals surface area contributed by atoms with Gasteiger partial charge in [0.15, 0.2) is 12.6 Å². The van der Waals surface area contributed by atoms with Crippen LogP contribution in [0, 0.1) is 10.8 Å². The molecule has 2 aliphatic heterocycles. The lowest BCUT2D eigenvalue weighted by Crippen LogP contribution is -2.44. The van der Waals surface area contributed by atoms with Gasteiger partial charge in [-0.2, -0.15) is 31.2 Å². The van der Waals surface area contributed by atoms with E-state index in [-0.39, 0.29) is 0 Å². The molecule has 0 bridgehead atoms. The SMILES string of the molecule is CCC(C)(C)C1c2ccccc2C(OOC2OC(OCC(F)(F)F)c3ccccc3C2C(C)(C)CC)OC1OCC(F)(F)F. The predicted octanol–water partition coefficient (Wildman–Crippen LogP) is 9.24. The van der Waals surface area contributed by atoms with Gasteiger partial charge in [-0.05, 0) is 22.0 Å². The highest BCUT2D eigenvalue weighted by atomic mass is 19.4. The third-order valence-corrected chi connectivity index (χ3v) is 8.78. The smallest absolute Gasteiger partial charge is 0.342 e. The number of hydrogen-bond donors (Lipinski definition) is 0. The molecular weight excluding hydrogens is 594 g/mol. The van der Waals surface area contributed by atoms with Crippen LogP contribution < -0.4 is 0 Å². The Kier molecular flexibility index (Phi) is 10.4. The molecule has 2 aromatic rings. The van der Waals surface area contributed by atoms with Crippen LogP contribution in [0.1, 0.15) is 101 Å². The fourth-order valence-corrected chi connectivity index (χ4v) is 5.75. The fourth-order valence-electron chi connectivity index (χ4n) is 5.75. The first kappa shape index (κ1) is 34.6. The van der Waals surface area contributed by atoms with E-state index in [4.69, 9.17) is 28.7 Å². The molecule has 6 atom stereocenters. The van der Waals surface area contributed by atoms with Crippen LogP contribution in [0.4, 0.5) is 26.3 Å². The summed E-state index contributed by atoms with van der Waals surface area (Å²) in [6, 6.07) is 13.9. The lowest BCUT2D eigenvalue weighted by Gasteiger charge is -2.46. The van der Waals surface area contributed by atoms with E-state index < -0.39 is 73.4 Å². The summed E-state index contributed by atoms with van der Waals surface area (Å²) in [6.45, 7) is 8.60. The number of fused-ring (bicyclic) bond motifs is 2. The Morgan fingerprint density at radius 3 is 1.45 bits per heavy atom. The summed E-state index contributed by atoms with van der Waals surface area (Å²) < 4.78 is 102. The Morgan fingerprint density at radius 1 is 0.568 bits per heavy atom. The third-order valence-electron chi connectivity index (χ3n) is 8.78. The molecule has 6 unspecified atom stereocenters. The highest BCUT2D eigenvalue weighted by molar-refractivity contribution is 5.36. The van der Waals surface area contributed by atoms with Gasteiger partial charge in [-0.1, -0.05) is 103 Å². The third kappa shape index (κ3) is 7.94. The van der Waals surface area contributed by atoms with Crippen LogP contribution in [0.2, 0.25) is 0 Å². The summed E-state index contributed by atoms with van der Waals surface area (Å²) in [5.74, 6) is -1.09. The highest BCUT2D eigenvalue weighted by Crippen LogP contribution is 2.52. The average molecular weight is 635 g/mol. The first-order chi connectivity index (χ1) is 20.5. The normalized spacial score (nSPS) is 26.3. The largest absolute Gasteiger partial charge is 0.411 e. The second-order valence-electron chi connectivity index (χ2n) is 12.6. The molecule has 246 valence electrons. The zero-order valence-electron chi connectivity index (χ0n) is 25.6. The second-order valence-corrected chi connectivity index (χ2v) is 12.6. The van der Waals surface area contributed by atoms with Gasteiger partial charge in [-0.15, -0.1) is 0 Å². The maximum atomic E-state index is 13.2. The lowest BCUT2D eigenvalue weighted by atomic mass is 9.70. The van der Waals surface area contributed by atoms with Gasteiger partial charge >= 0.3 is 12.4 Å². The maximum Gasteiger partial charge on any atom is 0.411 e. The summed E-state index contributed by atoms with van der Waals surface area (Å²) in [5.41, 5.74) is 1.31. The van der Waals surface area contributed by atoms with E-state index in [0.29, 0.717) is 35.1 Å². The number of alkyl halides is 6. The molecule has 0 amide bonds. The van der Waals surface area contributed by atoms with Crippen molar-refractivity contribution in [3.8, 4) is 0 Å². The van der Waals surface area contributed by atoms with Crippen molar-refractivity contribution in [3.63, 3.8) is 0 Å². The van der Waals surface area contributed by atoms with Gasteiger partial charge in [0.25, 0.3) is 0 Å². The molecule has 12 heteroatoms. The van der Waals surface area contributed by atoms with Crippen LogP contribution >= 0.6 is 0 Å². The Balaban J connectivity index is 1.67. The molecule has 0 fully saturated rings. The molecule has 2 aromatic carbocycles. The van der Waals surface area contributed by atoms with E-state index >= 15 is 0 Å². The zero-order chi connectivity index (χ0) is 32.5. The molecule has 2 aliphatic rings. The summed E-state index contributed by atoms with van der Waals surface area (Å²) in [7, 11) is 0. The minimum absolute atomic E-state index is 0.438. The maximum absolute atomic E-state index is 13.2. The molecule has 0 N–H and O–H groups in total. The summed E-state index contributed by atoms with van der Waals surface area (Å²) in [5, 5.41) is 0. The molecule has 6 nitrogen and oxygen atoms in total. The fraction of sp³-hybridized carbons (Fsp3) is 0.625. The van der Waals surface area contributed by atoms with Crippen LogP contribution in [0.25, 0.3) is 0 Å². The van der Waals surface area contributed by atoms with Gasteiger partial charge < -0.3 is 18.9 Å². The lowest BCUT2D eigenvalue weighted by molar-refractivity contribution is -0.476. The van der Waals surface area contributed by atoms with Crippen molar-refractivity contribution in [2.45, 2.75) is 104 Å². The van der Waals surface area contributed by atoms with Crippen molar-refractivity contribution in [1.29, 1.82) is 0 Å². The predicted molar refractivity (Wildman–Crippen MR) is 148 cm³/mol. The number of hydrogen-bond acceptors (Lipinski definition) is 6. The topological polar surface area (TPSA) is 55.4 Å². The number of ether oxygens (including phenoxy) is 4. The molecule has 2 heterocycles. The summed E-state index contributed by atoms with van der Waals surface area (Å²) in [6.07, 6.45) is -13.3. The standard InChI is InChI=1S/C32H40F6O6/c1-7-29(3,4)23-20-14-10-12-16-22(20)26(42-27(23)40-18-32(36,37)38)43-44-28-24(30(5,6)8-2)19-13-9-11-15-21(19)25(41-28)39-17-31(33,34)35/h9-16,23-28H,7-8,17-18H2,1-6H3. The minimum Gasteiger partial charge on any atom is -0.342 e. The molecule has 0 spiro atoms. The second kappa shape index (κ2) is 13.3. The van der Waals surface area contributed by atoms with Crippen molar-refractivity contribution in [3.05, 3.63) is 70.8 Å². The van der Waals surface area contributed by atoms with Crippen LogP contribution in [0.15, 0.2) is 48.5 Å². The molecule has 4 rings (SSSR count). The van der Waals surface area contributed by atoms with E-state index in [1.807, 2.05) is 41.5 Å². The van der Waals surface area contributed by atoms with Crippen molar-refractivity contribution < 1.29 is 55.1 Å². The van der Waals surface area contributed by atoms with E-state index in [0.717, 1.165) is 0 Å². The Morgan fingerprint density at radius 2 is 0.977 bits per heavy atom. The first-order valence-electron chi connectivity index (χ1n) is 14.6. The Labute approximate surface area is 253 Å². The van der Waals surface area contributed by atoms with Crippen LogP contribution in [-0.4, -0.2) is 38.1 Å². The van der Waals surface area contributed by atoms with Crippen molar-refractivity contribution >= 4 is 0 Å². The molecule has 0 saturated heterocycles. The van der Waals surface area contributed by atoms with Crippen LogP contribution in [0.5, 0.6) is 0 Å². The van der Waals surface area contributed by atoms with Crippen LogP contribution in [-0.2, 0) is 28.7 Å². The van der Waals surface area contributed by atoms with Gasteiger partial charge in [0, 0.05) is 23.0 Å². The van der Waals surface area contributed by atoms with Gasteiger partial charge in [-0.3, -0.25) is 0 Å². The van der Waals surface area contributed by atoms with E-state index in [9.17, 15) is 26.3 Å². The van der Waals surface area contributed by atoms with E-state index in [1.54, 1.807) is 48.5 Å². The van der Waals surface area contributed by atoms with E-state index in [1.165, 1.54) is 0 Å². The molecule has 0 radical (unpaired) electrons.